The van der Waals surface area contributed by atoms with Crippen molar-refractivity contribution in [2.75, 3.05) is 0 Å². The smallest absolute Gasteiger partial charge is 0.336 e. The van der Waals surface area contributed by atoms with E-state index in [4.69, 9.17) is 9.52 Å². The van der Waals surface area contributed by atoms with Crippen molar-refractivity contribution in [1.82, 2.24) is 4.98 Å². The molecule has 0 saturated heterocycles. The monoisotopic (exact) mass is 289 g/mol. The lowest BCUT2D eigenvalue weighted by molar-refractivity contribution is 0.0692. The number of hydrogen-bond acceptors (Lipinski definition) is 4. The molecule has 20 heavy (non-hydrogen) atoms. The van der Waals surface area contributed by atoms with E-state index in [0.29, 0.717) is 21.2 Å². The summed E-state index contributed by atoms with van der Waals surface area (Å²) in [4.78, 5) is 15.7. The Balaban J connectivity index is 2.00. The van der Waals surface area contributed by atoms with E-state index in [2.05, 4.69) is 4.98 Å². The zero-order valence-corrected chi connectivity index (χ0v) is 10.9. The van der Waals surface area contributed by atoms with E-state index in [9.17, 15) is 9.18 Å². The summed E-state index contributed by atoms with van der Waals surface area (Å²) >= 11 is 1.05. The van der Waals surface area contributed by atoms with Gasteiger partial charge in [-0.05, 0) is 42.1 Å². The van der Waals surface area contributed by atoms with Crippen LogP contribution in [0.25, 0.3) is 11.1 Å². The summed E-state index contributed by atoms with van der Waals surface area (Å²) in [5, 5.41) is 9.40. The zero-order chi connectivity index (χ0) is 14.1. The number of aromatic nitrogens is 1. The lowest BCUT2D eigenvalue weighted by Gasteiger charge is -2.02. The molecule has 0 aliphatic rings. The van der Waals surface area contributed by atoms with E-state index >= 15 is 0 Å². The van der Waals surface area contributed by atoms with Gasteiger partial charge in [0.25, 0.3) is 5.22 Å². The Kier molecular flexibility index (Phi) is 3.15. The van der Waals surface area contributed by atoms with E-state index in [1.807, 2.05) is 12.1 Å². The van der Waals surface area contributed by atoms with Crippen molar-refractivity contribution >= 4 is 28.8 Å². The maximum absolute atomic E-state index is 13.1. The quantitative estimate of drug-likeness (QED) is 0.794. The molecule has 0 radical (unpaired) electrons. The van der Waals surface area contributed by atoms with E-state index in [0.717, 1.165) is 17.8 Å². The predicted molar refractivity (Wildman–Crippen MR) is 71.5 cm³/mol. The summed E-state index contributed by atoms with van der Waals surface area (Å²) in [7, 11) is 0. The van der Waals surface area contributed by atoms with Crippen LogP contribution in [-0.2, 0) is 0 Å². The Labute approximate surface area is 117 Å². The number of carboxylic acids is 1. The third kappa shape index (κ3) is 2.37. The first kappa shape index (κ1) is 12.7. The van der Waals surface area contributed by atoms with Gasteiger partial charge >= 0.3 is 5.97 Å². The molecular formula is C14H8FNO3S. The molecule has 0 spiro atoms. The molecule has 0 unspecified atom stereocenters. The van der Waals surface area contributed by atoms with Crippen LogP contribution < -0.4 is 0 Å². The molecule has 3 rings (SSSR count). The minimum absolute atomic E-state index is 0.114. The summed E-state index contributed by atoms with van der Waals surface area (Å²) in [6, 6.07) is 10.8. The highest BCUT2D eigenvalue weighted by Crippen LogP contribution is 2.32. The molecule has 0 aliphatic heterocycles. The molecule has 0 amide bonds. The first-order valence-corrected chi connectivity index (χ1v) is 6.51. The molecule has 0 fully saturated rings. The molecule has 0 bridgehead atoms. The van der Waals surface area contributed by atoms with Crippen molar-refractivity contribution in [3.8, 4) is 0 Å². The number of oxazole rings is 1. The fourth-order valence-corrected chi connectivity index (χ4v) is 2.60. The normalized spacial score (nSPS) is 10.8. The number of para-hydroxylation sites is 2. The summed E-state index contributed by atoms with van der Waals surface area (Å²) in [6.07, 6.45) is 0. The van der Waals surface area contributed by atoms with Crippen molar-refractivity contribution in [2.45, 2.75) is 10.1 Å². The van der Waals surface area contributed by atoms with Gasteiger partial charge in [0.05, 0.1) is 5.56 Å². The number of fused-ring (bicyclic) bond motifs is 1. The van der Waals surface area contributed by atoms with Gasteiger partial charge in [-0.25, -0.2) is 14.2 Å². The predicted octanol–water partition coefficient (Wildman–Crippen LogP) is 3.82. The SMILES string of the molecule is O=C(O)c1cc(F)ccc1Sc1nc2ccccc2o1. The molecule has 0 aliphatic carbocycles. The Bertz CT molecular complexity index is 767. The van der Waals surface area contributed by atoms with Crippen LogP contribution >= 0.6 is 11.8 Å². The molecule has 1 N–H and O–H groups in total. The van der Waals surface area contributed by atoms with E-state index in [-0.39, 0.29) is 5.56 Å². The number of halogens is 1. The van der Waals surface area contributed by atoms with Crippen molar-refractivity contribution in [3.63, 3.8) is 0 Å². The van der Waals surface area contributed by atoms with Crippen LogP contribution in [0, 0.1) is 5.82 Å². The Morgan fingerprint density at radius 2 is 2.05 bits per heavy atom. The highest BCUT2D eigenvalue weighted by atomic mass is 32.2. The van der Waals surface area contributed by atoms with Crippen LogP contribution in [0.3, 0.4) is 0 Å². The maximum Gasteiger partial charge on any atom is 0.336 e. The van der Waals surface area contributed by atoms with Gasteiger partial charge in [0.2, 0.25) is 0 Å². The molecule has 1 heterocycles. The third-order valence-corrected chi connectivity index (χ3v) is 3.57. The first-order chi connectivity index (χ1) is 9.63. The molecule has 1 aromatic heterocycles. The van der Waals surface area contributed by atoms with Crippen LogP contribution in [-0.4, -0.2) is 16.1 Å². The molecule has 4 nitrogen and oxygen atoms in total. The highest BCUT2D eigenvalue weighted by molar-refractivity contribution is 7.99. The summed E-state index contributed by atoms with van der Waals surface area (Å²) in [5.41, 5.74) is 1.19. The van der Waals surface area contributed by atoms with Crippen molar-refractivity contribution < 1.29 is 18.7 Å². The first-order valence-electron chi connectivity index (χ1n) is 5.70. The molecule has 6 heteroatoms. The van der Waals surface area contributed by atoms with Crippen molar-refractivity contribution in [3.05, 3.63) is 53.8 Å². The standard InChI is InChI=1S/C14H8FNO3S/c15-8-5-6-12(9(7-8)13(17)18)20-14-16-10-3-1-2-4-11(10)19-14/h1-7H,(H,17,18). The minimum atomic E-state index is -1.19. The van der Waals surface area contributed by atoms with Crippen LogP contribution in [0.4, 0.5) is 4.39 Å². The lowest BCUT2D eigenvalue weighted by Crippen LogP contribution is -1.99. The fraction of sp³-hybridized carbons (Fsp3) is 0. The molecule has 0 saturated carbocycles. The summed E-state index contributed by atoms with van der Waals surface area (Å²) < 4.78 is 18.6. The molecule has 2 aromatic carbocycles. The summed E-state index contributed by atoms with van der Waals surface area (Å²) in [6.45, 7) is 0. The van der Waals surface area contributed by atoms with Crippen LogP contribution in [0.5, 0.6) is 0 Å². The van der Waals surface area contributed by atoms with E-state index < -0.39 is 11.8 Å². The van der Waals surface area contributed by atoms with Gasteiger partial charge in [-0.1, -0.05) is 12.1 Å². The number of rotatable bonds is 3. The average Bonchev–Trinajstić information content (AvgIpc) is 2.82. The number of benzene rings is 2. The van der Waals surface area contributed by atoms with E-state index in [1.54, 1.807) is 12.1 Å². The van der Waals surface area contributed by atoms with Crippen molar-refractivity contribution in [2.24, 2.45) is 0 Å². The second kappa shape index (κ2) is 4.97. The number of hydrogen-bond donors (Lipinski definition) is 1. The molecule has 3 aromatic rings. The van der Waals surface area contributed by atoms with Crippen LogP contribution in [0.1, 0.15) is 10.4 Å². The van der Waals surface area contributed by atoms with Gasteiger partial charge in [0.15, 0.2) is 5.58 Å². The van der Waals surface area contributed by atoms with Gasteiger partial charge in [-0.2, -0.15) is 0 Å². The topological polar surface area (TPSA) is 63.3 Å². The average molecular weight is 289 g/mol. The Morgan fingerprint density at radius 1 is 1.25 bits per heavy atom. The lowest BCUT2D eigenvalue weighted by atomic mass is 10.2. The molecule has 0 atom stereocenters. The van der Waals surface area contributed by atoms with Crippen molar-refractivity contribution in [1.29, 1.82) is 0 Å². The Hall–Kier alpha value is -2.34. The number of carbonyl (C=O) groups is 1. The molecular weight excluding hydrogens is 281 g/mol. The number of carboxylic acid groups (broad SMARTS) is 1. The van der Waals surface area contributed by atoms with E-state index in [1.165, 1.54) is 12.1 Å². The van der Waals surface area contributed by atoms with Gasteiger partial charge < -0.3 is 9.52 Å². The summed E-state index contributed by atoms with van der Waals surface area (Å²) in [5.74, 6) is -1.78. The number of nitrogens with zero attached hydrogens (tertiary/aromatic N) is 1. The molecule has 100 valence electrons. The van der Waals surface area contributed by atoms with Gasteiger partial charge in [0, 0.05) is 4.90 Å². The second-order valence-corrected chi connectivity index (χ2v) is 4.99. The minimum Gasteiger partial charge on any atom is -0.478 e. The number of aromatic carboxylic acids is 1. The fourth-order valence-electron chi connectivity index (χ4n) is 1.75. The Morgan fingerprint density at radius 3 is 2.80 bits per heavy atom. The highest BCUT2D eigenvalue weighted by Gasteiger charge is 2.15. The van der Waals surface area contributed by atoms with Gasteiger partial charge in [-0.3, -0.25) is 0 Å². The van der Waals surface area contributed by atoms with Crippen LogP contribution in [0.15, 0.2) is 57.0 Å². The third-order valence-electron chi connectivity index (χ3n) is 2.64. The second-order valence-electron chi connectivity index (χ2n) is 4.00. The largest absolute Gasteiger partial charge is 0.478 e. The van der Waals surface area contributed by atoms with Crippen LogP contribution in [0.2, 0.25) is 0 Å². The zero-order valence-electron chi connectivity index (χ0n) is 10.0. The van der Waals surface area contributed by atoms with Gasteiger partial charge in [0.1, 0.15) is 11.3 Å². The maximum atomic E-state index is 13.1. The van der Waals surface area contributed by atoms with Gasteiger partial charge in [-0.15, -0.1) is 0 Å².